The van der Waals surface area contributed by atoms with Gasteiger partial charge in [-0.2, -0.15) is 5.10 Å². The lowest BCUT2D eigenvalue weighted by molar-refractivity contribution is -0.120. The van der Waals surface area contributed by atoms with E-state index in [2.05, 4.69) is 20.8 Å². The van der Waals surface area contributed by atoms with Crippen LogP contribution in [0.1, 0.15) is 30.9 Å². The number of amides is 2. The quantitative estimate of drug-likeness (QED) is 0.778. The van der Waals surface area contributed by atoms with Crippen molar-refractivity contribution in [1.82, 2.24) is 10.2 Å². The van der Waals surface area contributed by atoms with Crippen LogP contribution < -0.4 is 10.6 Å². The van der Waals surface area contributed by atoms with Crippen LogP contribution in [-0.2, 0) is 9.59 Å². The van der Waals surface area contributed by atoms with Crippen molar-refractivity contribution >= 4 is 46.7 Å². The number of nitrogens with zero attached hydrogens (tertiary/aromatic N) is 1. The number of hydrogen-bond acceptors (Lipinski definition) is 4. The largest absolute Gasteiger partial charge is 0.324 e. The highest BCUT2D eigenvalue weighted by Gasteiger charge is 2.30. The van der Waals surface area contributed by atoms with Gasteiger partial charge >= 0.3 is 0 Å². The van der Waals surface area contributed by atoms with Gasteiger partial charge < -0.3 is 10.6 Å². The summed E-state index contributed by atoms with van der Waals surface area (Å²) in [5, 5.41) is 12.7. The number of anilines is 2. The van der Waals surface area contributed by atoms with Crippen LogP contribution in [0.3, 0.4) is 0 Å². The van der Waals surface area contributed by atoms with Crippen molar-refractivity contribution in [2.45, 2.75) is 35.3 Å². The third-order valence-electron chi connectivity index (χ3n) is 4.01. The Hall–Kier alpha value is -1.99. The second kappa shape index (κ2) is 6.14. The van der Waals surface area contributed by atoms with Crippen LogP contribution in [0.25, 0.3) is 0 Å². The Labute approximate surface area is 147 Å². The van der Waals surface area contributed by atoms with E-state index in [1.165, 1.54) is 11.8 Å². The number of rotatable bonds is 4. The number of nitrogens with one attached hydrogen (secondary N) is 3. The minimum Gasteiger partial charge on any atom is -0.324 e. The fourth-order valence-electron chi connectivity index (χ4n) is 2.62. The zero-order valence-electron chi connectivity index (χ0n) is 12.6. The van der Waals surface area contributed by atoms with Crippen LogP contribution in [0.15, 0.2) is 29.2 Å². The maximum Gasteiger partial charge on any atom is 0.238 e. The molecule has 1 atom stereocenters. The van der Waals surface area contributed by atoms with Crippen molar-refractivity contribution in [2.24, 2.45) is 0 Å². The molecule has 4 rings (SSSR count). The molecule has 2 aliphatic rings. The predicted molar refractivity (Wildman–Crippen MR) is 93.5 cm³/mol. The SMILES string of the molecule is O=C(C[C@H]1Sc2ccc(Cl)cc2NC1=O)Nc1cc(C2CC2)[nH]n1. The summed E-state index contributed by atoms with van der Waals surface area (Å²) in [6.45, 7) is 0. The minimum atomic E-state index is -0.472. The van der Waals surface area contributed by atoms with Crippen LogP contribution in [0.5, 0.6) is 0 Å². The summed E-state index contributed by atoms with van der Waals surface area (Å²) in [6, 6.07) is 7.19. The normalized spacial score (nSPS) is 19.5. The second-order valence-corrected chi connectivity index (χ2v) is 7.65. The van der Waals surface area contributed by atoms with Gasteiger partial charge in [-0.25, -0.2) is 0 Å². The first-order valence-electron chi connectivity index (χ1n) is 7.71. The first-order chi connectivity index (χ1) is 11.6. The van der Waals surface area contributed by atoms with E-state index in [1.807, 2.05) is 12.1 Å². The van der Waals surface area contributed by atoms with Gasteiger partial charge in [0, 0.05) is 34.0 Å². The fraction of sp³-hybridized carbons (Fsp3) is 0.312. The number of halogens is 1. The lowest BCUT2D eigenvalue weighted by atomic mass is 10.2. The van der Waals surface area contributed by atoms with E-state index in [0.717, 1.165) is 23.4 Å². The van der Waals surface area contributed by atoms with Crippen LogP contribution in [0.2, 0.25) is 5.02 Å². The van der Waals surface area contributed by atoms with E-state index in [0.29, 0.717) is 22.4 Å². The van der Waals surface area contributed by atoms with Gasteiger partial charge in [0.2, 0.25) is 11.8 Å². The van der Waals surface area contributed by atoms with Crippen LogP contribution in [0, 0.1) is 0 Å². The Kier molecular flexibility index (Phi) is 3.97. The molecular weight excluding hydrogens is 348 g/mol. The highest BCUT2D eigenvalue weighted by Crippen LogP contribution is 2.40. The van der Waals surface area contributed by atoms with E-state index in [9.17, 15) is 9.59 Å². The zero-order chi connectivity index (χ0) is 16.7. The molecule has 0 spiro atoms. The molecule has 2 heterocycles. The molecule has 1 aromatic carbocycles. The average Bonchev–Trinajstić information content (AvgIpc) is 3.29. The van der Waals surface area contributed by atoms with E-state index in [4.69, 9.17) is 11.6 Å². The van der Waals surface area contributed by atoms with Crippen LogP contribution in [-0.4, -0.2) is 27.3 Å². The van der Waals surface area contributed by atoms with Gasteiger partial charge in [0.05, 0.1) is 10.9 Å². The molecule has 1 fully saturated rings. The van der Waals surface area contributed by atoms with E-state index < -0.39 is 5.25 Å². The monoisotopic (exact) mass is 362 g/mol. The standard InChI is InChI=1S/C16H15ClN4O2S/c17-9-3-4-12-11(5-9)18-16(23)13(24-12)7-15(22)19-14-6-10(20-21-14)8-1-2-8/h3-6,8,13H,1-2,7H2,(H,18,23)(H2,19,20,21,22)/t13-/m1/s1. The molecule has 0 bridgehead atoms. The number of thioether (sulfide) groups is 1. The summed E-state index contributed by atoms with van der Waals surface area (Å²) < 4.78 is 0. The zero-order valence-corrected chi connectivity index (χ0v) is 14.2. The van der Waals surface area contributed by atoms with Gasteiger partial charge in [-0.3, -0.25) is 14.7 Å². The first kappa shape index (κ1) is 15.5. The maximum absolute atomic E-state index is 12.2. The molecule has 2 aromatic rings. The van der Waals surface area contributed by atoms with Crippen molar-refractivity contribution < 1.29 is 9.59 Å². The summed E-state index contributed by atoms with van der Waals surface area (Å²) in [7, 11) is 0. The molecule has 1 aromatic heterocycles. The number of H-pyrrole nitrogens is 1. The third-order valence-corrected chi connectivity index (χ3v) is 5.52. The molecule has 6 nitrogen and oxygen atoms in total. The van der Waals surface area contributed by atoms with E-state index in [1.54, 1.807) is 12.1 Å². The van der Waals surface area contributed by atoms with Crippen LogP contribution >= 0.6 is 23.4 Å². The number of aromatic nitrogens is 2. The lowest BCUT2D eigenvalue weighted by Crippen LogP contribution is -2.32. The Morgan fingerprint density at radius 2 is 2.21 bits per heavy atom. The molecule has 124 valence electrons. The molecular formula is C16H15ClN4O2S. The van der Waals surface area contributed by atoms with Crippen LogP contribution in [0.4, 0.5) is 11.5 Å². The number of hydrogen-bond donors (Lipinski definition) is 3. The van der Waals surface area contributed by atoms with Crippen molar-refractivity contribution in [3.63, 3.8) is 0 Å². The van der Waals surface area contributed by atoms with Crippen molar-refractivity contribution in [3.05, 3.63) is 35.0 Å². The second-order valence-electron chi connectivity index (χ2n) is 5.97. The number of aromatic amines is 1. The summed E-state index contributed by atoms with van der Waals surface area (Å²) in [5.74, 6) is 0.640. The summed E-state index contributed by atoms with van der Waals surface area (Å²) in [4.78, 5) is 25.3. The van der Waals surface area contributed by atoms with Gasteiger partial charge in [-0.15, -0.1) is 11.8 Å². The lowest BCUT2D eigenvalue weighted by Gasteiger charge is -2.23. The molecule has 1 aliphatic carbocycles. The Morgan fingerprint density at radius 3 is 3.00 bits per heavy atom. The molecule has 0 unspecified atom stereocenters. The highest BCUT2D eigenvalue weighted by atomic mass is 35.5. The first-order valence-corrected chi connectivity index (χ1v) is 8.96. The maximum atomic E-state index is 12.2. The topological polar surface area (TPSA) is 86.9 Å². The van der Waals surface area contributed by atoms with Gasteiger partial charge in [0.25, 0.3) is 0 Å². The fourth-order valence-corrected chi connectivity index (χ4v) is 3.89. The molecule has 8 heteroatoms. The number of fused-ring (bicyclic) bond motifs is 1. The molecule has 1 aliphatic heterocycles. The van der Waals surface area contributed by atoms with Gasteiger partial charge in [0.1, 0.15) is 0 Å². The summed E-state index contributed by atoms with van der Waals surface area (Å²) >= 11 is 7.30. The Bertz CT molecular complexity index is 818. The molecule has 1 saturated carbocycles. The Morgan fingerprint density at radius 1 is 1.38 bits per heavy atom. The van der Waals surface area contributed by atoms with Crippen molar-refractivity contribution in [3.8, 4) is 0 Å². The number of carbonyl (C=O) groups excluding carboxylic acids is 2. The molecule has 3 N–H and O–H groups in total. The highest BCUT2D eigenvalue weighted by molar-refractivity contribution is 8.01. The van der Waals surface area contributed by atoms with Crippen molar-refractivity contribution in [2.75, 3.05) is 10.6 Å². The van der Waals surface area contributed by atoms with Crippen molar-refractivity contribution in [1.29, 1.82) is 0 Å². The van der Waals surface area contributed by atoms with E-state index in [-0.39, 0.29) is 18.2 Å². The molecule has 0 radical (unpaired) electrons. The van der Waals surface area contributed by atoms with Gasteiger partial charge in [0.15, 0.2) is 5.82 Å². The molecule has 0 saturated heterocycles. The number of benzene rings is 1. The molecule has 2 amide bonds. The minimum absolute atomic E-state index is 0.0875. The van der Waals surface area contributed by atoms with Gasteiger partial charge in [-0.05, 0) is 31.0 Å². The predicted octanol–water partition coefficient (Wildman–Crippen LogP) is 3.38. The average molecular weight is 363 g/mol. The summed E-state index contributed by atoms with van der Waals surface area (Å²) in [6.07, 6.45) is 2.42. The molecule has 24 heavy (non-hydrogen) atoms. The summed E-state index contributed by atoms with van der Waals surface area (Å²) in [5.41, 5.74) is 1.75. The number of carbonyl (C=O) groups is 2. The smallest absolute Gasteiger partial charge is 0.238 e. The third kappa shape index (κ3) is 3.27. The Balaban J connectivity index is 1.39. The van der Waals surface area contributed by atoms with E-state index >= 15 is 0 Å². The van der Waals surface area contributed by atoms with Gasteiger partial charge in [-0.1, -0.05) is 11.6 Å².